The quantitative estimate of drug-likeness (QED) is 0.740. The number of rotatable bonds is 8. The number of benzene rings is 1. The lowest BCUT2D eigenvalue weighted by atomic mass is 10.2. The molecular weight excluding hydrogens is 350 g/mol. The normalized spacial score (nSPS) is 16.5. The van der Waals surface area contributed by atoms with Crippen LogP contribution in [-0.4, -0.2) is 55.5 Å². The van der Waals surface area contributed by atoms with Gasteiger partial charge in [0.05, 0.1) is 5.75 Å². The summed E-state index contributed by atoms with van der Waals surface area (Å²) in [5.74, 6) is 0.173. The topological polar surface area (TPSA) is 83.7 Å². The third kappa shape index (κ3) is 6.05. The summed E-state index contributed by atoms with van der Waals surface area (Å²) >= 11 is 0. The van der Waals surface area contributed by atoms with Crippen LogP contribution in [0, 0.1) is 0 Å². The van der Waals surface area contributed by atoms with Crippen molar-refractivity contribution in [1.29, 1.82) is 0 Å². The number of hydrogen-bond acceptors (Lipinski definition) is 4. The SMILES string of the molecule is Cl.NCCCN(Cc1ccccc1)C(=O)CCN1CCCS1(=O)=O. The molecule has 1 aromatic rings. The minimum absolute atomic E-state index is 0. The molecule has 0 bridgehead atoms. The van der Waals surface area contributed by atoms with Crippen LogP contribution >= 0.6 is 12.4 Å². The van der Waals surface area contributed by atoms with E-state index in [9.17, 15) is 13.2 Å². The number of carbonyl (C=O) groups excluding carboxylic acids is 1. The largest absolute Gasteiger partial charge is 0.338 e. The van der Waals surface area contributed by atoms with Gasteiger partial charge in [0.2, 0.25) is 15.9 Å². The highest BCUT2D eigenvalue weighted by Gasteiger charge is 2.28. The monoisotopic (exact) mass is 375 g/mol. The summed E-state index contributed by atoms with van der Waals surface area (Å²) in [4.78, 5) is 14.3. The van der Waals surface area contributed by atoms with Crippen LogP contribution in [0.1, 0.15) is 24.8 Å². The van der Waals surface area contributed by atoms with Crippen LogP contribution < -0.4 is 5.73 Å². The van der Waals surface area contributed by atoms with Gasteiger partial charge in [0.1, 0.15) is 0 Å². The van der Waals surface area contributed by atoms with E-state index in [4.69, 9.17) is 5.73 Å². The molecule has 24 heavy (non-hydrogen) atoms. The van der Waals surface area contributed by atoms with Crippen LogP contribution in [0.25, 0.3) is 0 Å². The first kappa shape index (κ1) is 20.9. The summed E-state index contributed by atoms with van der Waals surface area (Å²) in [6.07, 6.45) is 1.61. The van der Waals surface area contributed by atoms with E-state index in [0.717, 1.165) is 12.0 Å². The minimum atomic E-state index is -3.14. The summed E-state index contributed by atoms with van der Waals surface area (Å²) in [7, 11) is -3.14. The van der Waals surface area contributed by atoms with Gasteiger partial charge >= 0.3 is 0 Å². The molecule has 8 heteroatoms. The Hall–Kier alpha value is -1.15. The molecule has 0 aliphatic carbocycles. The number of sulfonamides is 1. The van der Waals surface area contributed by atoms with Crippen molar-refractivity contribution in [3.8, 4) is 0 Å². The maximum atomic E-state index is 12.5. The average Bonchev–Trinajstić information content (AvgIpc) is 2.88. The lowest BCUT2D eigenvalue weighted by Crippen LogP contribution is -2.36. The molecule has 1 aliphatic heterocycles. The van der Waals surface area contributed by atoms with E-state index in [1.54, 1.807) is 4.90 Å². The lowest BCUT2D eigenvalue weighted by molar-refractivity contribution is -0.132. The van der Waals surface area contributed by atoms with Crippen LogP contribution in [-0.2, 0) is 21.4 Å². The molecule has 2 rings (SSSR count). The molecule has 1 fully saturated rings. The smallest absolute Gasteiger partial charge is 0.224 e. The number of halogens is 1. The molecule has 1 amide bonds. The highest BCUT2D eigenvalue weighted by atomic mass is 35.5. The fourth-order valence-electron chi connectivity index (χ4n) is 2.70. The number of amides is 1. The molecule has 6 nitrogen and oxygen atoms in total. The maximum Gasteiger partial charge on any atom is 0.224 e. The molecule has 1 saturated heterocycles. The van der Waals surface area contributed by atoms with Gasteiger partial charge in [-0.3, -0.25) is 4.79 Å². The fraction of sp³-hybridized carbons (Fsp3) is 0.562. The van der Waals surface area contributed by atoms with Gasteiger partial charge in [-0.05, 0) is 24.9 Å². The van der Waals surface area contributed by atoms with E-state index in [1.807, 2.05) is 30.3 Å². The van der Waals surface area contributed by atoms with Gasteiger partial charge < -0.3 is 10.6 Å². The second kappa shape index (κ2) is 9.98. The molecule has 0 aromatic heterocycles. The van der Waals surface area contributed by atoms with Crippen molar-refractivity contribution in [2.45, 2.75) is 25.8 Å². The first-order chi connectivity index (χ1) is 11.0. The van der Waals surface area contributed by atoms with Gasteiger partial charge in [-0.2, -0.15) is 0 Å². The first-order valence-electron chi connectivity index (χ1n) is 8.02. The van der Waals surface area contributed by atoms with Crippen LogP contribution in [0.3, 0.4) is 0 Å². The zero-order valence-electron chi connectivity index (χ0n) is 13.8. The van der Waals surface area contributed by atoms with Crippen molar-refractivity contribution in [3.05, 3.63) is 35.9 Å². The lowest BCUT2D eigenvalue weighted by Gasteiger charge is -2.24. The van der Waals surface area contributed by atoms with Gasteiger partial charge in [-0.25, -0.2) is 12.7 Å². The summed E-state index contributed by atoms with van der Waals surface area (Å²) in [5.41, 5.74) is 6.62. The highest BCUT2D eigenvalue weighted by molar-refractivity contribution is 7.89. The average molecular weight is 376 g/mol. The Balaban J connectivity index is 0.00000288. The molecule has 2 N–H and O–H groups in total. The first-order valence-corrected chi connectivity index (χ1v) is 9.63. The zero-order chi connectivity index (χ0) is 16.7. The Morgan fingerprint density at radius 3 is 2.54 bits per heavy atom. The third-order valence-electron chi connectivity index (χ3n) is 3.98. The van der Waals surface area contributed by atoms with Crippen molar-refractivity contribution in [1.82, 2.24) is 9.21 Å². The summed E-state index contributed by atoms with van der Waals surface area (Å²) in [6, 6.07) is 9.78. The van der Waals surface area contributed by atoms with E-state index in [2.05, 4.69) is 0 Å². The van der Waals surface area contributed by atoms with Gasteiger partial charge in [0.25, 0.3) is 0 Å². The molecule has 0 radical (unpaired) electrons. The Bertz CT molecular complexity index is 610. The van der Waals surface area contributed by atoms with Gasteiger partial charge in [-0.15, -0.1) is 12.4 Å². The van der Waals surface area contributed by atoms with Crippen molar-refractivity contribution in [3.63, 3.8) is 0 Å². The van der Waals surface area contributed by atoms with Crippen molar-refractivity contribution in [2.24, 2.45) is 5.73 Å². The second-order valence-electron chi connectivity index (χ2n) is 5.76. The number of hydrogen-bond donors (Lipinski definition) is 1. The number of nitrogens with zero attached hydrogens (tertiary/aromatic N) is 2. The molecular formula is C16H26ClN3O3S. The highest BCUT2D eigenvalue weighted by Crippen LogP contribution is 2.14. The van der Waals surface area contributed by atoms with Crippen molar-refractivity contribution < 1.29 is 13.2 Å². The molecule has 1 aromatic carbocycles. The van der Waals surface area contributed by atoms with Gasteiger partial charge in [-0.1, -0.05) is 30.3 Å². The minimum Gasteiger partial charge on any atom is -0.338 e. The third-order valence-corrected chi connectivity index (χ3v) is 5.94. The molecule has 1 aliphatic rings. The molecule has 136 valence electrons. The number of nitrogens with two attached hydrogens (primary N) is 1. The summed E-state index contributed by atoms with van der Waals surface area (Å²) in [6.45, 7) is 2.45. The maximum absolute atomic E-state index is 12.5. The zero-order valence-corrected chi connectivity index (χ0v) is 15.4. The van der Waals surface area contributed by atoms with E-state index in [1.165, 1.54) is 4.31 Å². The van der Waals surface area contributed by atoms with Crippen molar-refractivity contribution >= 4 is 28.3 Å². The molecule has 1 heterocycles. The van der Waals surface area contributed by atoms with E-state index in [0.29, 0.717) is 32.6 Å². The number of carbonyl (C=O) groups is 1. The van der Waals surface area contributed by atoms with Crippen molar-refractivity contribution in [2.75, 3.05) is 31.9 Å². The van der Waals surface area contributed by atoms with E-state index >= 15 is 0 Å². The van der Waals surface area contributed by atoms with Crippen LogP contribution in [0.4, 0.5) is 0 Å². The van der Waals surface area contributed by atoms with Gasteiger partial charge in [0.15, 0.2) is 0 Å². The Kier molecular flexibility index (Phi) is 8.69. The molecule has 0 atom stereocenters. The Morgan fingerprint density at radius 1 is 1.25 bits per heavy atom. The van der Waals surface area contributed by atoms with Crippen LogP contribution in [0.15, 0.2) is 30.3 Å². The van der Waals surface area contributed by atoms with Gasteiger partial charge in [0, 0.05) is 32.6 Å². The molecule has 0 saturated carbocycles. The Morgan fingerprint density at radius 2 is 1.96 bits per heavy atom. The predicted molar refractivity (Wildman–Crippen MR) is 97.4 cm³/mol. The fourth-order valence-corrected chi connectivity index (χ4v) is 4.23. The van der Waals surface area contributed by atoms with Crippen LogP contribution in [0.2, 0.25) is 0 Å². The Labute approximate surface area is 150 Å². The molecule has 0 spiro atoms. The summed E-state index contributed by atoms with van der Waals surface area (Å²) < 4.78 is 25.0. The predicted octanol–water partition coefficient (Wildman–Crippen LogP) is 1.21. The standard InChI is InChI=1S/C16H25N3O3S.ClH/c17-9-4-10-18(14-15-6-2-1-3-7-15)16(20)8-12-19-11-5-13-23(19,21)22;/h1-3,6-7H,4-5,8-14,17H2;1H. The second-order valence-corrected chi connectivity index (χ2v) is 7.85. The van der Waals surface area contributed by atoms with E-state index < -0.39 is 10.0 Å². The van der Waals surface area contributed by atoms with E-state index in [-0.39, 0.29) is 37.0 Å². The summed E-state index contributed by atoms with van der Waals surface area (Å²) in [5, 5.41) is 0. The molecule has 0 unspecified atom stereocenters. The van der Waals surface area contributed by atoms with Crippen LogP contribution in [0.5, 0.6) is 0 Å².